The number of benzene rings is 3. The van der Waals surface area contributed by atoms with E-state index in [1.54, 1.807) is 42.5 Å². The van der Waals surface area contributed by atoms with E-state index in [1.807, 2.05) is 30.5 Å². The number of ether oxygens (including phenoxy) is 3. The Bertz CT molecular complexity index is 1430. The first kappa shape index (κ1) is 25.5. The van der Waals surface area contributed by atoms with E-state index in [9.17, 15) is 9.59 Å². The Morgan fingerprint density at radius 3 is 2.41 bits per heavy atom. The Labute approximate surface area is 215 Å². The highest BCUT2D eigenvalue weighted by Crippen LogP contribution is 2.38. The van der Waals surface area contributed by atoms with Gasteiger partial charge in [-0.05, 0) is 54.0 Å². The molecule has 37 heavy (non-hydrogen) atoms. The Morgan fingerprint density at radius 1 is 0.973 bits per heavy atom. The number of nitrogens with one attached hydrogen (secondary N) is 2. The molecule has 0 aliphatic rings. The van der Waals surface area contributed by atoms with Crippen LogP contribution in [-0.4, -0.2) is 44.0 Å². The van der Waals surface area contributed by atoms with E-state index in [0.717, 1.165) is 16.5 Å². The number of aromatic nitrogens is 1. The van der Waals surface area contributed by atoms with Crippen molar-refractivity contribution in [1.29, 1.82) is 0 Å². The summed E-state index contributed by atoms with van der Waals surface area (Å²) in [5.74, 6) is 0.890. The Hall–Kier alpha value is -4.56. The number of carbonyl (C=O) groups excluding carboxylic acids is 2. The summed E-state index contributed by atoms with van der Waals surface area (Å²) in [5.41, 5.74) is 9.78. The molecular weight excluding hydrogens is 470 g/mol. The van der Waals surface area contributed by atoms with Crippen LogP contribution < -0.4 is 25.3 Å². The van der Waals surface area contributed by atoms with Crippen molar-refractivity contribution in [3.63, 3.8) is 0 Å². The molecule has 1 aromatic heterocycles. The van der Waals surface area contributed by atoms with Crippen LogP contribution in [-0.2, 0) is 11.2 Å². The minimum Gasteiger partial charge on any atom is -0.493 e. The average molecular weight is 500 g/mol. The molecular formula is C29H29N3O5. The first-order valence-corrected chi connectivity index (χ1v) is 11.7. The van der Waals surface area contributed by atoms with Gasteiger partial charge >= 0.3 is 0 Å². The van der Waals surface area contributed by atoms with Gasteiger partial charge in [0.15, 0.2) is 17.3 Å². The number of nitrogens with two attached hydrogens (primary N) is 1. The highest BCUT2D eigenvalue weighted by molar-refractivity contribution is 6.08. The van der Waals surface area contributed by atoms with Gasteiger partial charge in [-0.15, -0.1) is 0 Å². The summed E-state index contributed by atoms with van der Waals surface area (Å²) in [6, 6.07) is 17.3. The van der Waals surface area contributed by atoms with E-state index in [1.165, 1.54) is 27.4 Å². The molecule has 0 aliphatic carbocycles. The Balaban J connectivity index is 1.44. The lowest BCUT2D eigenvalue weighted by atomic mass is 10.0. The maximum atomic E-state index is 12.8. The largest absolute Gasteiger partial charge is 0.493 e. The van der Waals surface area contributed by atoms with Gasteiger partial charge < -0.3 is 30.2 Å². The minimum absolute atomic E-state index is 0.229. The third kappa shape index (κ3) is 5.82. The predicted molar refractivity (Wildman–Crippen MR) is 145 cm³/mol. The van der Waals surface area contributed by atoms with Crippen LogP contribution in [0, 0.1) is 0 Å². The van der Waals surface area contributed by atoms with Crippen molar-refractivity contribution in [1.82, 2.24) is 4.98 Å². The number of allylic oxidation sites excluding steroid dienone is 1. The van der Waals surface area contributed by atoms with Crippen molar-refractivity contribution in [2.75, 3.05) is 26.6 Å². The summed E-state index contributed by atoms with van der Waals surface area (Å²) in [7, 11) is 4.59. The molecule has 1 amide bonds. The molecule has 0 fully saturated rings. The van der Waals surface area contributed by atoms with Crippen LogP contribution in [0.2, 0.25) is 0 Å². The molecule has 0 saturated heterocycles. The lowest BCUT2D eigenvalue weighted by molar-refractivity contribution is -0.117. The molecule has 8 heteroatoms. The fourth-order valence-electron chi connectivity index (χ4n) is 4.08. The second-order valence-corrected chi connectivity index (χ2v) is 8.40. The highest BCUT2D eigenvalue weighted by Gasteiger charge is 2.17. The molecule has 1 heterocycles. The molecule has 4 aromatic rings. The smallest absolute Gasteiger partial charge is 0.241 e. The number of carbonyl (C=O) groups is 2. The van der Waals surface area contributed by atoms with E-state index in [4.69, 9.17) is 19.9 Å². The average Bonchev–Trinajstić information content (AvgIpc) is 3.33. The fourth-order valence-corrected chi connectivity index (χ4v) is 4.08. The molecule has 1 atom stereocenters. The van der Waals surface area contributed by atoms with Crippen LogP contribution in [0.4, 0.5) is 5.69 Å². The number of hydrogen-bond donors (Lipinski definition) is 3. The predicted octanol–water partition coefficient (Wildman–Crippen LogP) is 4.60. The van der Waals surface area contributed by atoms with Gasteiger partial charge in [0.2, 0.25) is 11.7 Å². The molecule has 0 radical (unpaired) electrons. The summed E-state index contributed by atoms with van der Waals surface area (Å²) >= 11 is 0. The van der Waals surface area contributed by atoms with Gasteiger partial charge in [0, 0.05) is 28.4 Å². The van der Waals surface area contributed by atoms with Crippen molar-refractivity contribution in [3.8, 4) is 17.2 Å². The summed E-state index contributed by atoms with van der Waals surface area (Å²) in [5, 5.41) is 3.86. The van der Waals surface area contributed by atoms with Crippen molar-refractivity contribution in [2.24, 2.45) is 5.73 Å². The lowest BCUT2D eigenvalue weighted by Gasteiger charge is -2.13. The van der Waals surface area contributed by atoms with Gasteiger partial charge in [0.25, 0.3) is 0 Å². The molecule has 3 aromatic carbocycles. The number of amides is 1. The first-order valence-electron chi connectivity index (χ1n) is 11.7. The van der Waals surface area contributed by atoms with Crippen LogP contribution >= 0.6 is 0 Å². The van der Waals surface area contributed by atoms with Crippen LogP contribution in [0.25, 0.3) is 17.0 Å². The van der Waals surface area contributed by atoms with E-state index in [2.05, 4.69) is 10.3 Å². The van der Waals surface area contributed by atoms with Crippen molar-refractivity contribution in [3.05, 3.63) is 89.6 Å². The zero-order valence-electron chi connectivity index (χ0n) is 20.9. The fraction of sp³-hybridized carbons (Fsp3) is 0.172. The van der Waals surface area contributed by atoms with Crippen LogP contribution in [0.5, 0.6) is 17.2 Å². The van der Waals surface area contributed by atoms with E-state index < -0.39 is 6.04 Å². The number of rotatable bonds is 10. The van der Waals surface area contributed by atoms with Crippen LogP contribution in [0.3, 0.4) is 0 Å². The number of methoxy groups -OCH3 is 3. The zero-order valence-corrected chi connectivity index (χ0v) is 20.9. The van der Waals surface area contributed by atoms with Crippen LogP contribution in [0.1, 0.15) is 21.5 Å². The molecule has 1 unspecified atom stereocenters. The number of para-hydroxylation sites is 1. The molecule has 0 aliphatic heterocycles. The molecule has 8 nitrogen and oxygen atoms in total. The van der Waals surface area contributed by atoms with Gasteiger partial charge in [0.1, 0.15) is 0 Å². The standard InChI is InChI=1S/C29H29N3O5/c1-35-26-13-18(14-27(36-2)28(26)37-3)11-12-25(33)19-7-6-8-21(15-19)32-29(34)23(30)16-20-17-31-24-10-5-4-9-22(20)24/h4-15,17,23,31H,16,30H2,1-3H3,(H,32,34)/b12-11+. The maximum Gasteiger partial charge on any atom is 0.241 e. The minimum atomic E-state index is -0.751. The van der Waals surface area contributed by atoms with Crippen molar-refractivity contribution < 1.29 is 23.8 Å². The van der Waals surface area contributed by atoms with Gasteiger partial charge in [-0.2, -0.15) is 0 Å². The zero-order chi connectivity index (χ0) is 26.4. The summed E-state index contributed by atoms with van der Waals surface area (Å²) in [6.45, 7) is 0. The molecule has 0 saturated carbocycles. The van der Waals surface area contributed by atoms with Crippen molar-refractivity contribution >= 4 is 34.4 Å². The summed E-state index contributed by atoms with van der Waals surface area (Å²) in [4.78, 5) is 28.8. The van der Waals surface area contributed by atoms with Crippen LogP contribution in [0.15, 0.2) is 72.9 Å². The molecule has 4 rings (SSSR count). The third-order valence-electron chi connectivity index (χ3n) is 5.98. The molecule has 0 bridgehead atoms. The van der Waals surface area contributed by atoms with E-state index in [0.29, 0.717) is 40.5 Å². The van der Waals surface area contributed by atoms with Crippen molar-refractivity contribution in [2.45, 2.75) is 12.5 Å². The van der Waals surface area contributed by atoms with Gasteiger partial charge in [-0.3, -0.25) is 9.59 Å². The van der Waals surface area contributed by atoms with Gasteiger partial charge in [-0.25, -0.2) is 0 Å². The number of aromatic amines is 1. The monoisotopic (exact) mass is 499 g/mol. The summed E-state index contributed by atoms with van der Waals surface area (Å²) in [6.07, 6.45) is 5.36. The van der Waals surface area contributed by atoms with Gasteiger partial charge in [0.05, 0.1) is 27.4 Å². The maximum absolute atomic E-state index is 12.8. The number of H-pyrrole nitrogens is 1. The molecule has 4 N–H and O–H groups in total. The Morgan fingerprint density at radius 2 is 1.70 bits per heavy atom. The Kier molecular flexibility index (Phi) is 7.90. The second kappa shape index (κ2) is 11.5. The quantitative estimate of drug-likeness (QED) is 0.217. The third-order valence-corrected chi connectivity index (χ3v) is 5.98. The van der Waals surface area contributed by atoms with E-state index >= 15 is 0 Å². The highest BCUT2D eigenvalue weighted by atomic mass is 16.5. The van der Waals surface area contributed by atoms with Gasteiger partial charge in [-0.1, -0.05) is 36.4 Å². The lowest BCUT2D eigenvalue weighted by Crippen LogP contribution is -2.37. The SMILES string of the molecule is COc1cc(/C=C/C(=O)c2cccc(NC(=O)C(N)Cc3c[nH]c4ccccc34)c2)cc(OC)c1OC. The normalized spacial score (nSPS) is 11.9. The number of hydrogen-bond acceptors (Lipinski definition) is 6. The number of ketones is 1. The van der Waals surface area contributed by atoms with E-state index in [-0.39, 0.29) is 11.7 Å². The molecule has 0 spiro atoms. The second-order valence-electron chi connectivity index (χ2n) is 8.40. The first-order chi connectivity index (χ1) is 17.9. The summed E-state index contributed by atoms with van der Waals surface area (Å²) < 4.78 is 16.1. The topological polar surface area (TPSA) is 116 Å². The molecule has 190 valence electrons. The number of anilines is 1. The number of fused-ring (bicyclic) bond motifs is 1.